The molecule has 1 fully saturated rings. The molecular weight excluding hydrogens is 343 g/mol. The number of nitrogens with zero attached hydrogens (tertiary/aromatic N) is 1. The van der Waals surface area contributed by atoms with Crippen molar-refractivity contribution in [1.82, 2.24) is 4.90 Å². The maximum atomic E-state index is 12.6. The lowest BCUT2D eigenvalue weighted by Crippen LogP contribution is -2.40. The van der Waals surface area contributed by atoms with Crippen LogP contribution in [-0.4, -0.2) is 23.9 Å². The van der Waals surface area contributed by atoms with Crippen molar-refractivity contribution in [3.05, 3.63) is 64.1 Å². The number of piperidine rings is 1. The maximum Gasteiger partial charge on any atom is 0.228 e. The average Bonchev–Trinajstić information content (AvgIpc) is 2.60. The number of amides is 1. The molecule has 1 amide bonds. The van der Waals surface area contributed by atoms with Crippen LogP contribution in [0.15, 0.2) is 48.5 Å². The Balaban J connectivity index is 1.61. The molecule has 5 heteroatoms. The zero-order valence-electron chi connectivity index (χ0n) is 13.3. The van der Waals surface area contributed by atoms with E-state index in [1.54, 1.807) is 18.2 Å². The topological polar surface area (TPSA) is 32.3 Å². The largest absolute Gasteiger partial charge is 0.324 e. The molecule has 1 saturated heterocycles. The minimum Gasteiger partial charge on any atom is -0.324 e. The highest BCUT2D eigenvalue weighted by Crippen LogP contribution is 2.30. The minimum absolute atomic E-state index is 0.0110. The lowest BCUT2D eigenvalue weighted by atomic mass is 9.96. The van der Waals surface area contributed by atoms with E-state index in [9.17, 15) is 4.79 Å². The molecule has 1 heterocycles. The van der Waals surface area contributed by atoms with E-state index in [4.69, 9.17) is 23.2 Å². The molecular formula is C19H20Cl2N2O. The first kappa shape index (κ1) is 17.3. The Morgan fingerprint density at radius 2 is 1.92 bits per heavy atom. The Labute approximate surface area is 152 Å². The number of halogens is 2. The molecule has 3 nitrogen and oxygen atoms in total. The fraction of sp³-hybridized carbons (Fsp3) is 0.316. The Hall–Kier alpha value is -1.55. The van der Waals surface area contributed by atoms with Crippen molar-refractivity contribution in [1.29, 1.82) is 0 Å². The van der Waals surface area contributed by atoms with Crippen LogP contribution in [0.2, 0.25) is 10.0 Å². The van der Waals surface area contributed by atoms with Gasteiger partial charge in [-0.2, -0.15) is 0 Å². The SMILES string of the molecule is O=C(Nc1cccc(Cl)c1Cl)[C@H]1CCCN(Cc2ccccc2)C1. The fourth-order valence-electron chi connectivity index (χ4n) is 3.09. The molecule has 1 aliphatic heterocycles. The summed E-state index contributed by atoms with van der Waals surface area (Å²) in [6.45, 7) is 2.66. The van der Waals surface area contributed by atoms with E-state index < -0.39 is 0 Å². The normalized spacial score (nSPS) is 18.3. The third kappa shape index (κ3) is 4.29. The van der Waals surface area contributed by atoms with E-state index in [-0.39, 0.29) is 11.8 Å². The summed E-state index contributed by atoms with van der Waals surface area (Å²) in [4.78, 5) is 14.9. The summed E-state index contributed by atoms with van der Waals surface area (Å²) < 4.78 is 0. The highest BCUT2D eigenvalue weighted by atomic mass is 35.5. The summed E-state index contributed by atoms with van der Waals surface area (Å²) in [5.41, 5.74) is 1.85. The van der Waals surface area contributed by atoms with Gasteiger partial charge < -0.3 is 5.32 Å². The van der Waals surface area contributed by atoms with Gasteiger partial charge in [-0.3, -0.25) is 9.69 Å². The molecule has 3 rings (SSSR count). The number of likely N-dealkylation sites (tertiary alicyclic amines) is 1. The zero-order chi connectivity index (χ0) is 16.9. The molecule has 2 aromatic carbocycles. The first-order chi connectivity index (χ1) is 11.6. The van der Waals surface area contributed by atoms with Gasteiger partial charge in [0.1, 0.15) is 0 Å². The third-order valence-electron chi connectivity index (χ3n) is 4.33. The van der Waals surface area contributed by atoms with Gasteiger partial charge in [0, 0.05) is 13.1 Å². The van der Waals surface area contributed by atoms with Crippen LogP contribution in [0.5, 0.6) is 0 Å². The number of hydrogen-bond donors (Lipinski definition) is 1. The van der Waals surface area contributed by atoms with Crippen LogP contribution < -0.4 is 5.32 Å². The van der Waals surface area contributed by atoms with Crippen molar-refractivity contribution in [2.45, 2.75) is 19.4 Å². The van der Waals surface area contributed by atoms with Crippen LogP contribution in [-0.2, 0) is 11.3 Å². The summed E-state index contributed by atoms with van der Waals surface area (Å²) in [7, 11) is 0. The van der Waals surface area contributed by atoms with Gasteiger partial charge in [-0.1, -0.05) is 59.6 Å². The van der Waals surface area contributed by atoms with Crippen molar-refractivity contribution in [3.63, 3.8) is 0 Å². The minimum atomic E-state index is -0.0301. The first-order valence-corrected chi connectivity index (χ1v) is 8.90. The van der Waals surface area contributed by atoms with E-state index in [1.807, 2.05) is 18.2 Å². The van der Waals surface area contributed by atoms with Gasteiger partial charge in [0.2, 0.25) is 5.91 Å². The molecule has 0 unspecified atom stereocenters. The molecule has 0 spiro atoms. The Kier molecular flexibility index (Phi) is 5.77. The monoisotopic (exact) mass is 362 g/mol. The van der Waals surface area contributed by atoms with E-state index in [2.05, 4.69) is 22.3 Å². The standard InChI is InChI=1S/C19H20Cl2N2O/c20-16-9-4-10-17(18(16)21)22-19(24)15-8-5-11-23(13-15)12-14-6-2-1-3-7-14/h1-4,6-7,9-10,15H,5,8,11-13H2,(H,22,24)/t15-/m0/s1. The molecule has 0 aliphatic carbocycles. The van der Waals surface area contributed by atoms with Crippen LogP contribution in [0.3, 0.4) is 0 Å². The second kappa shape index (κ2) is 8.02. The number of benzene rings is 2. The van der Waals surface area contributed by atoms with Crippen LogP contribution in [0.4, 0.5) is 5.69 Å². The molecule has 0 saturated carbocycles. The Morgan fingerprint density at radius 3 is 2.71 bits per heavy atom. The van der Waals surface area contributed by atoms with E-state index in [0.29, 0.717) is 15.7 Å². The fourth-order valence-corrected chi connectivity index (χ4v) is 3.44. The second-order valence-electron chi connectivity index (χ2n) is 6.15. The van der Waals surface area contributed by atoms with E-state index in [0.717, 1.165) is 32.5 Å². The molecule has 1 N–H and O–H groups in total. The molecule has 24 heavy (non-hydrogen) atoms. The van der Waals surface area contributed by atoms with E-state index >= 15 is 0 Å². The molecule has 2 aromatic rings. The van der Waals surface area contributed by atoms with Gasteiger partial charge in [0.15, 0.2) is 0 Å². The smallest absolute Gasteiger partial charge is 0.228 e. The third-order valence-corrected chi connectivity index (χ3v) is 5.15. The lowest BCUT2D eigenvalue weighted by Gasteiger charge is -2.32. The highest BCUT2D eigenvalue weighted by molar-refractivity contribution is 6.44. The number of carbonyl (C=O) groups excluding carboxylic acids is 1. The number of carbonyl (C=O) groups is 1. The summed E-state index contributed by atoms with van der Waals surface area (Å²) >= 11 is 12.2. The summed E-state index contributed by atoms with van der Waals surface area (Å²) in [6.07, 6.45) is 1.92. The summed E-state index contributed by atoms with van der Waals surface area (Å²) in [5, 5.41) is 3.76. The molecule has 126 valence electrons. The molecule has 0 radical (unpaired) electrons. The van der Waals surface area contributed by atoms with Crippen molar-refractivity contribution < 1.29 is 4.79 Å². The van der Waals surface area contributed by atoms with Crippen LogP contribution in [0.1, 0.15) is 18.4 Å². The molecule has 1 aliphatic rings. The number of nitrogens with one attached hydrogen (secondary N) is 1. The van der Waals surface area contributed by atoms with Crippen LogP contribution in [0.25, 0.3) is 0 Å². The van der Waals surface area contributed by atoms with Gasteiger partial charge in [-0.15, -0.1) is 0 Å². The average molecular weight is 363 g/mol. The molecule has 1 atom stereocenters. The summed E-state index contributed by atoms with van der Waals surface area (Å²) in [5.74, 6) is -0.0190. The van der Waals surface area contributed by atoms with Crippen molar-refractivity contribution in [2.24, 2.45) is 5.92 Å². The van der Waals surface area contributed by atoms with Gasteiger partial charge in [0.05, 0.1) is 21.7 Å². The zero-order valence-corrected chi connectivity index (χ0v) is 14.9. The Bertz CT molecular complexity index is 706. The quantitative estimate of drug-likeness (QED) is 0.843. The van der Waals surface area contributed by atoms with Crippen molar-refractivity contribution >= 4 is 34.8 Å². The molecule has 0 bridgehead atoms. The predicted octanol–water partition coefficient (Wildman–Crippen LogP) is 4.84. The van der Waals surface area contributed by atoms with E-state index in [1.165, 1.54) is 5.56 Å². The van der Waals surface area contributed by atoms with Crippen LogP contribution in [0, 0.1) is 5.92 Å². The Morgan fingerprint density at radius 1 is 1.12 bits per heavy atom. The second-order valence-corrected chi connectivity index (χ2v) is 6.94. The van der Waals surface area contributed by atoms with Gasteiger partial charge in [-0.25, -0.2) is 0 Å². The van der Waals surface area contributed by atoms with Crippen molar-refractivity contribution in [3.8, 4) is 0 Å². The lowest BCUT2D eigenvalue weighted by molar-refractivity contribution is -0.121. The van der Waals surface area contributed by atoms with Gasteiger partial charge in [0.25, 0.3) is 0 Å². The number of rotatable bonds is 4. The predicted molar refractivity (Wildman–Crippen MR) is 99.5 cm³/mol. The van der Waals surface area contributed by atoms with Crippen LogP contribution >= 0.6 is 23.2 Å². The summed E-state index contributed by atoms with van der Waals surface area (Å²) in [6, 6.07) is 15.6. The first-order valence-electron chi connectivity index (χ1n) is 8.14. The highest BCUT2D eigenvalue weighted by Gasteiger charge is 2.26. The van der Waals surface area contributed by atoms with Crippen molar-refractivity contribution in [2.75, 3.05) is 18.4 Å². The van der Waals surface area contributed by atoms with Gasteiger partial charge >= 0.3 is 0 Å². The number of anilines is 1. The number of hydrogen-bond acceptors (Lipinski definition) is 2. The molecule has 0 aromatic heterocycles. The van der Waals surface area contributed by atoms with Gasteiger partial charge in [-0.05, 0) is 37.1 Å². The maximum absolute atomic E-state index is 12.6.